The van der Waals surface area contributed by atoms with Crippen LogP contribution in [0.2, 0.25) is 0 Å². The summed E-state index contributed by atoms with van der Waals surface area (Å²) in [6.07, 6.45) is 6.50. The molecule has 25 heavy (non-hydrogen) atoms. The van der Waals surface area contributed by atoms with E-state index < -0.39 is 0 Å². The number of amides is 1. The number of nitrogens with zero attached hydrogens (tertiary/aromatic N) is 1. The highest BCUT2D eigenvalue weighted by Gasteiger charge is 2.49. The number of hydrogen-bond donors (Lipinski definition) is 1. The SMILES string of the molecule is O=C(N1CCC[C@@H]1[C@@H]1COCC[C@@H]1O)C1(c2ccccc2)CCCC1. The lowest BCUT2D eigenvalue weighted by molar-refractivity contribution is -0.142. The summed E-state index contributed by atoms with van der Waals surface area (Å²) in [6.45, 7) is 2.03. The average molecular weight is 343 g/mol. The molecule has 3 atom stereocenters. The van der Waals surface area contributed by atoms with Crippen molar-refractivity contribution in [3.05, 3.63) is 35.9 Å². The van der Waals surface area contributed by atoms with Gasteiger partial charge in [0.15, 0.2) is 0 Å². The van der Waals surface area contributed by atoms with Crippen LogP contribution in [0.15, 0.2) is 30.3 Å². The monoisotopic (exact) mass is 343 g/mol. The van der Waals surface area contributed by atoms with Gasteiger partial charge in [0.05, 0.1) is 18.1 Å². The second-order valence-electron chi connectivity index (χ2n) is 7.96. The number of aliphatic hydroxyl groups excluding tert-OH is 1. The van der Waals surface area contributed by atoms with Crippen LogP contribution in [-0.4, -0.2) is 47.8 Å². The van der Waals surface area contributed by atoms with Gasteiger partial charge in [-0.15, -0.1) is 0 Å². The predicted molar refractivity (Wildman–Crippen MR) is 96.3 cm³/mol. The van der Waals surface area contributed by atoms with Crippen LogP contribution in [0.5, 0.6) is 0 Å². The molecule has 3 aliphatic rings. The number of carbonyl (C=O) groups excluding carboxylic acids is 1. The summed E-state index contributed by atoms with van der Waals surface area (Å²) in [4.78, 5) is 15.8. The molecule has 3 fully saturated rings. The number of carbonyl (C=O) groups is 1. The Balaban J connectivity index is 1.61. The minimum absolute atomic E-state index is 0.0643. The van der Waals surface area contributed by atoms with Gasteiger partial charge in [0.1, 0.15) is 0 Å². The van der Waals surface area contributed by atoms with Crippen molar-refractivity contribution in [2.75, 3.05) is 19.8 Å². The molecule has 2 heterocycles. The van der Waals surface area contributed by atoms with E-state index in [4.69, 9.17) is 4.74 Å². The molecule has 0 radical (unpaired) electrons. The summed E-state index contributed by atoms with van der Waals surface area (Å²) in [5.74, 6) is 0.353. The summed E-state index contributed by atoms with van der Waals surface area (Å²) in [5.41, 5.74) is 0.813. The van der Waals surface area contributed by atoms with Crippen molar-refractivity contribution in [1.82, 2.24) is 4.90 Å². The molecule has 1 aromatic carbocycles. The molecule has 0 bridgehead atoms. The highest BCUT2D eigenvalue weighted by Crippen LogP contribution is 2.44. The molecule has 4 nitrogen and oxygen atoms in total. The van der Waals surface area contributed by atoms with Gasteiger partial charge in [0.2, 0.25) is 5.91 Å². The largest absolute Gasteiger partial charge is 0.393 e. The van der Waals surface area contributed by atoms with Crippen molar-refractivity contribution in [3.8, 4) is 0 Å². The van der Waals surface area contributed by atoms with Crippen LogP contribution in [0.3, 0.4) is 0 Å². The van der Waals surface area contributed by atoms with Crippen LogP contribution in [-0.2, 0) is 14.9 Å². The second-order valence-corrected chi connectivity index (χ2v) is 7.96. The number of rotatable bonds is 3. The van der Waals surface area contributed by atoms with Gasteiger partial charge in [-0.3, -0.25) is 4.79 Å². The summed E-state index contributed by atoms with van der Waals surface area (Å²) in [5, 5.41) is 10.5. The van der Waals surface area contributed by atoms with E-state index in [0.717, 1.165) is 45.1 Å². The standard InChI is InChI=1S/C21H29NO3/c23-19-10-14-25-15-17(19)18-9-6-13-22(18)20(24)21(11-4-5-12-21)16-7-2-1-3-8-16/h1-3,7-8,17-19,23H,4-6,9-15H2/t17-,18+,19-/m0/s1. The Morgan fingerprint density at radius 3 is 2.60 bits per heavy atom. The van der Waals surface area contributed by atoms with E-state index in [-0.39, 0.29) is 29.4 Å². The fourth-order valence-electron chi connectivity index (χ4n) is 5.24. The quantitative estimate of drug-likeness (QED) is 0.918. The van der Waals surface area contributed by atoms with Gasteiger partial charge >= 0.3 is 0 Å². The maximum absolute atomic E-state index is 13.7. The fourth-order valence-corrected chi connectivity index (χ4v) is 5.24. The van der Waals surface area contributed by atoms with E-state index in [1.54, 1.807) is 0 Å². The minimum atomic E-state index is -0.357. The lowest BCUT2D eigenvalue weighted by atomic mass is 9.77. The number of aliphatic hydroxyl groups is 1. The van der Waals surface area contributed by atoms with Crippen LogP contribution < -0.4 is 0 Å². The van der Waals surface area contributed by atoms with Gasteiger partial charge in [-0.2, -0.15) is 0 Å². The molecule has 0 spiro atoms. The smallest absolute Gasteiger partial charge is 0.233 e. The highest BCUT2D eigenvalue weighted by atomic mass is 16.5. The molecule has 1 amide bonds. The molecular weight excluding hydrogens is 314 g/mol. The van der Waals surface area contributed by atoms with Gasteiger partial charge in [-0.1, -0.05) is 43.2 Å². The number of benzene rings is 1. The molecule has 136 valence electrons. The van der Waals surface area contributed by atoms with Crippen LogP contribution in [0.4, 0.5) is 0 Å². The third kappa shape index (κ3) is 3.00. The molecule has 1 aliphatic carbocycles. The van der Waals surface area contributed by atoms with Gasteiger partial charge in [0, 0.05) is 25.1 Å². The second kappa shape index (κ2) is 7.08. The molecule has 0 aromatic heterocycles. The Hall–Kier alpha value is -1.39. The predicted octanol–water partition coefficient (Wildman–Crippen LogP) is 2.89. The third-order valence-electron chi connectivity index (χ3n) is 6.61. The van der Waals surface area contributed by atoms with E-state index in [2.05, 4.69) is 17.0 Å². The van der Waals surface area contributed by atoms with Gasteiger partial charge < -0.3 is 14.7 Å². The molecule has 1 aromatic rings. The first-order chi connectivity index (χ1) is 12.2. The zero-order valence-electron chi connectivity index (χ0n) is 14.9. The highest BCUT2D eigenvalue weighted by molar-refractivity contribution is 5.89. The molecule has 1 saturated carbocycles. The lowest BCUT2D eigenvalue weighted by Gasteiger charge is -2.41. The van der Waals surface area contributed by atoms with E-state index in [0.29, 0.717) is 19.6 Å². The summed E-state index contributed by atoms with van der Waals surface area (Å²) in [7, 11) is 0. The van der Waals surface area contributed by atoms with E-state index in [1.807, 2.05) is 18.2 Å². The first kappa shape index (κ1) is 17.0. The molecule has 2 saturated heterocycles. The van der Waals surface area contributed by atoms with E-state index >= 15 is 0 Å². The molecule has 1 N–H and O–H groups in total. The maximum Gasteiger partial charge on any atom is 0.233 e. The van der Waals surface area contributed by atoms with Gasteiger partial charge in [-0.25, -0.2) is 0 Å². The van der Waals surface area contributed by atoms with E-state index in [1.165, 1.54) is 5.56 Å². The molecule has 0 unspecified atom stereocenters. The molecule has 4 rings (SSSR count). The zero-order chi connectivity index (χ0) is 17.3. The summed E-state index contributed by atoms with van der Waals surface area (Å²) in [6, 6.07) is 10.5. The lowest BCUT2D eigenvalue weighted by Crippen LogP contribution is -2.53. The molecule has 2 aliphatic heterocycles. The Kier molecular flexibility index (Phi) is 4.83. The summed E-state index contributed by atoms with van der Waals surface area (Å²) >= 11 is 0. The van der Waals surface area contributed by atoms with Crippen molar-refractivity contribution >= 4 is 5.91 Å². The van der Waals surface area contributed by atoms with Crippen molar-refractivity contribution < 1.29 is 14.6 Å². The topological polar surface area (TPSA) is 49.8 Å². The minimum Gasteiger partial charge on any atom is -0.393 e. The van der Waals surface area contributed by atoms with Crippen molar-refractivity contribution in [3.63, 3.8) is 0 Å². The van der Waals surface area contributed by atoms with Gasteiger partial charge in [-0.05, 0) is 37.7 Å². The van der Waals surface area contributed by atoms with Crippen LogP contribution >= 0.6 is 0 Å². The van der Waals surface area contributed by atoms with Gasteiger partial charge in [0.25, 0.3) is 0 Å². The fraction of sp³-hybridized carbons (Fsp3) is 0.667. The van der Waals surface area contributed by atoms with Crippen LogP contribution in [0, 0.1) is 5.92 Å². The zero-order valence-corrected chi connectivity index (χ0v) is 14.9. The van der Waals surface area contributed by atoms with Crippen LogP contribution in [0.25, 0.3) is 0 Å². The average Bonchev–Trinajstić information content (AvgIpc) is 3.33. The Morgan fingerprint density at radius 2 is 1.88 bits per heavy atom. The van der Waals surface area contributed by atoms with Crippen molar-refractivity contribution in [2.45, 2.75) is 62.5 Å². The Morgan fingerprint density at radius 1 is 1.12 bits per heavy atom. The number of likely N-dealkylation sites (tertiary alicyclic amines) is 1. The first-order valence-electron chi connectivity index (χ1n) is 9.85. The van der Waals surface area contributed by atoms with Crippen molar-refractivity contribution in [2.24, 2.45) is 5.92 Å². The maximum atomic E-state index is 13.7. The Labute approximate surface area is 150 Å². The number of hydrogen-bond acceptors (Lipinski definition) is 3. The normalized spacial score (nSPS) is 32.0. The molecule has 4 heteroatoms. The first-order valence-corrected chi connectivity index (χ1v) is 9.85. The van der Waals surface area contributed by atoms with Crippen LogP contribution in [0.1, 0.15) is 50.5 Å². The van der Waals surface area contributed by atoms with Crippen molar-refractivity contribution in [1.29, 1.82) is 0 Å². The number of ether oxygens (including phenoxy) is 1. The van der Waals surface area contributed by atoms with E-state index in [9.17, 15) is 9.90 Å². The Bertz CT molecular complexity index is 596. The third-order valence-corrected chi connectivity index (χ3v) is 6.61. The summed E-state index contributed by atoms with van der Waals surface area (Å²) < 4.78 is 5.63. The molecular formula is C21H29NO3.